The van der Waals surface area contributed by atoms with Crippen LogP contribution in [0.2, 0.25) is 0 Å². The summed E-state index contributed by atoms with van der Waals surface area (Å²) >= 11 is 2.46. The van der Waals surface area contributed by atoms with Crippen LogP contribution in [-0.4, -0.2) is 11.8 Å². The van der Waals surface area contributed by atoms with Crippen molar-refractivity contribution in [2.24, 2.45) is 0 Å². The summed E-state index contributed by atoms with van der Waals surface area (Å²) in [7, 11) is 0. The molecule has 0 nitrogen and oxygen atoms in total. The Bertz CT molecular complexity index is 799. The number of hydrogen-bond donors (Lipinski definition) is 0. The molecule has 0 amide bonds. The molecule has 0 aromatic carbocycles. The second kappa shape index (κ2) is 5.11. The second-order valence-electron chi connectivity index (χ2n) is 5.40. The summed E-state index contributed by atoms with van der Waals surface area (Å²) in [6, 6.07) is 3.06. The highest BCUT2D eigenvalue weighted by Gasteiger charge is 2.72. The van der Waals surface area contributed by atoms with E-state index in [1.807, 2.05) is 18.4 Å². The summed E-state index contributed by atoms with van der Waals surface area (Å²) in [6.07, 6.45) is 0. The van der Waals surface area contributed by atoms with Crippen LogP contribution in [0.1, 0.15) is 21.9 Å². The Morgan fingerprint density at radius 1 is 1.00 bits per heavy atom. The van der Waals surface area contributed by atoms with Gasteiger partial charge in [-0.05, 0) is 42.5 Å². The maximum Gasteiger partial charge on any atom is 0.364 e. The summed E-state index contributed by atoms with van der Waals surface area (Å²) in [5.41, 5.74) is 0.665. The summed E-state index contributed by atoms with van der Waals surface area (Å²) in [5, 5.41) is 1.85. The van der Waals surface area contributed by atoms with Gasteiger partial charge < -0.3 is 0 Å². The van der Waals surface area contributed by atoms with Crippen molar-refractivity contribution in [2.45, 2.75) is 31.6 Å². The molecule has 0 radical (unpaired) electrons. The average molecular weight is 368 g/mol. The molecule has 0 spiro atoms. The molecule has 2 heterocycles. The van der Waals surface area contributed by atoms with E-state index < -0.39 is 29.4 Å². The molecule has 8 heteroatoms. The first-order valence-corrected chi connectivity index (χ1v) is 8.24. The fourth-order valence-electron chi connectivity index (χ4n) is 2.56. The number of thiophene rings is 2. The molecule has 0 aliphatic heterocycles. The highest BCUT2D eigenvalue weighted by molar-refractivity contribution is 7.21. The van der Waals surface area contributed by atoms with Crippen molar-refractivity contribution >= 4 is 22.7 Å². The van der Waals surface area contributed by atoms with Gasteiger partial charge in [0.2, 0.25) is 5.83 Å². The Morgan fingerprint density at radius 3 is 2.13 bits per heavy atom. The van der Waals surface area contributed by atoms with Gasteiger partial charge >= 0.3 is 11.8 Å². The normalized spacial score (nSPS) is 22.9. The Kier molecular flexibility index (Phi) is 3.68. The zero-order valence-corrected chi connectivity index (χ0v) is 13.5. The average Bonchev–Trinajstić information content (AvgIpc) is 3.06. The summed E-state index contributed by atoms with van der Waals surface area (Å²) in [4.78, 5) is 1.59. The first-order chi connectivity index (χ1) is 10.6. The van der Waals surface area contributed by atoms with Gasteiger partial charge in [-0.15, -0.1) is 22.7 Å². The van der Waals surface area contributed by atoms with Gasteiger partial charge in [0.1, 0.15) is 5.92 Å². The van der Waals surface area contributed by atoms with Crippen LogP contribution in [0.25, 0.3) is 9.75 Å². The molecule has 1 atom stereocenters. The molecule has 0 fully saturated rings. The minimum absolute atomic E-state index is 0.261. The summed E-state index contributed by atoms with van der Waals surface area (Å²) in [5.74, 6) is -17.3. The van der Waals surface area contributed by atoms with E-state index in [0.717, 1.165) is 21.8 Å². The first kappa shape index (κ1) is 16.6. The van der Waals surface area contributed by atoms with Gasteiger partial charge in [-0.2, -0.15) is 17.6 Å². The lowest BCUT2D eigenvalue weighted by Gasteiger charge is -2.24. The summed E-state index contributed by atoms with van der Waals surface area (Å²) in [6.45, 7) is 3.28. The Labute approximate surface area is 136 Å². The topological polar surface area (TPSA) is 0 Å². The van der Waals surface area contributed by atoms with E-state index in [4.69, 9.17) is 0 Å². The highest BCUT2D eigenvalue weighted by atomic mass is 32.1. The summed E-state index contributed by atoms with van der Waals surface area (Å²) < 4.78 is 81.6. The third kappa shape index (κ3) is 2.26. The van der Waals surface area contributed by atoms with Gasteiger partial charge in [-0.1, -0.05) is 0 Å². The van der Waals surface area contributed by atoms with Crippen molar-refractivity contribution < 1.29 is 26.3 Å². The van der Waals surface area contributed by atoms with Crippen molar-refractivity contribution in [1.82, 2.24) is 0 Å². The minimum Gasteiger partial charge on any atom is -0.208 e. The zero-order chi connectivity index (χ0) is 17.2. The quantitative estimate of drug-likeness (QED) is 0.523. The van der Waals surface area contributed by atoms with E-state index in [-0.39, 0.29) is 10.4 Å². The lowest BCUT2D eigenvalue weighted by atomic mass is 9.94. The molecule has 23 heavy (non-hydrogen) atoms. The smallest absolute Gasteiger partial charge is 0.208 e. The third-order valence-corrected chi connectivity index (χ3v) is 6.07. The molecule has 0 saturated heterocycles. The van der Waals surface area contributed by atoms with Crippen molar-refractivity contribution in [3.63, 3.8) is 0 Å². The first-order valence-electron chi connectivity index (χ1n) is 6.54. The van der Waals surface area contributed by atoms with Crippen molar-refractivity contribution in [3.05, 3.63) is 45.2 Å². The fourth-order valence-corrected chi connectivity index (χ4v) is 4.61. The van der Waals surface area contributed by atoms with Gasteiger partial charge in [0.05, 0.1) is 0 Å². The lowest BCUT2D eigenvalue weighted by molar-refractivity contribution is -0.189. The maximum absolute atomic E-state index is 13.9. The standard InChI is InChI=1S/C15H10F6S2/c1-6-3-9(22-5-6)10-4-8(7(2)23-10)11-12(16)13(17)15(20,21)14(11,18)19/h3-5,11H,1-2H3. The van der Waals surface area contributed by atoms with Crippen molar-refractivity contribution in [2.75, 3.05) is 0 Å². The molecule has 0 N–H and O–H groups in total. The molecular formula is C15H10F6S2. The van der Waals surface area contributed by atoms with E-state index in [1.54, 1.807) is 0 Å². The van der Waals surface area contributed by atoms with Crippen LogP contribution in [0.5, 0.6) is 0 Å². The van der Waals surface area contributed by atoms with E-state index in [9.17, 15) is 26.3 Å². The van der Waals surface area contributed by atoms with Crippen LogP contribution in [-0.2, 0) is 0 Å². The van der Waals surface area contributed by atoms with Gasteiger partial charge in [0.25, 0.3) is 0 Å². The predicted octanol–water partition coefficient (Wildman–Crippen LogP) is 6.61. The molecule has 0 saturated carbocycles. The molecule has 124 valence electrons. The second-order valence-corrected chi connectivity index (χ2v) is 7.57. The van der Waals surface area contributed by atoms with Crippen LogP contribution in [0.15, 0.2) is 29.2 Å². The predicted molar refractivity (Wildman–Crippen MR) is 79.0 cm³/mol. The number of rotatable bonds is 2. The van der Waals surface area contributed by atoms with Crippen LogP contribution >= 0.6 is 22.7 Å². The van der Waals surface area contributed by atoms with E-state index in [0.29, 0.717) is 4.88 Å². The van der Waals surface area contributed by atoms with E-state index >= 15 is 0 Å². The van der Waals surface area contributed by atoms with Crippen LogP contribution in [0.3, 0.4) is 0 Å². The molecular weight excluding hydrogens is 358 g/mol. The Balaban J connectivity index is 2.11. The molecule has 2 aromatic rings. The van der Waals surface area contributed by atoms with Crippen molar-refractivity contribution in [1.29, 1.82) is 0 Å². The molecule has 2 aromatic heterocycles. The number of allylic oxidation sites excluding steroid dienone is 2. The Morgan fingerprint density at radius 2 is 1.65 bits per heavy atom. The number of hydrogen-bond acceptors (Lipinski definition) is 2. The highest BCUT2D eigenvalue weighted by Crippen LogP contribution is 2.60. The van der Waals surface area contributed by atoms with E-state index in [2.05, 4.69) is 0 Å². The van der Waals surface area contributed by atoms with Gasteiger partial charge in [0, 0.05) is 14.6 Å². The zero-order valence-electron chi connectivity index (χ0n) is 11.9. The monoisotopic (exact) mass is 368 g/mol. The van der Waals surface area contributed by atoms with Gasteiger partial charge in [-0.3, -0.25) is 0 Å². The molecule has 1 unspecified atom stereocenters. The SMILES string of the molecule is Cc1csc(-c2cc(C3C(F)=C(F)C(F)(F)C3(F)F)c(C)s2)c1. The van der Waals surface area contributed by atoms with Crippen LogP contribution in [0.4, 0.5) is 26.3 Å². The number of aryl methyl sites for hydroxylation is 2. The van der Waals surface area contributed by atoms with Crippen LogP contribution < -0.4 is 0 Å². The number of halogens is 6. The fraction of sp³-hybridized carbons (Fsp3) is 0.333. The largest absolute Gasteiger partial charge is 0.364 e. The molecule has 1 aliphatic carbocycles. The maximum atomic E-state index is 13.9. The molecule has 1 aliphatic rings. The minimum atomic E-state index is -5.13. The van der Waals surface area contributed by atoms with E-state index in [1.165, 1.54) is 24.3 Å². The molecule has 0 bridgehead atoms. The third-order valence-electron chi connectivity index (χ3n) is 3.76. The van der Waals surface area contributed by atoms with Gasteiger partial charge in [0.15, 0.2) is 5.83 Å². The lowest BCUT2D eigenvalue weighted by Crippen LogP contribution is -2.40. The molecule has 3 rings (SSSR count). The van der Waals surface area contributed by atoms with Crippen molar-refractivity contribution in [3.8, 4) is 9.75 Å². The van der Waals surface area contributed by atoms with Crippen LogP contribution in [0, 0.1) is 13.8 Å². The Hall–Kier alpha value is -1.28. The number of alkyl halides is 4. The van der Waals surface area contributed by atoms with Gasteiger partial charge in [-0.25, -0.2) is 8.78 Å².